The van der Waals surface area contributed by atoms with Crippen LogP contribution in [0.3, 0.4) is 0 Å². The lowest BCUT2D eigenvalue weighted by Crippen LogP contribution is -2.43. The van der Waals surface area contributed by atoms with Gasteiger partial charge in [-0.25, -0.2) is 9.97 Å². The Morgan fingerprint density at radius 3 is 2.58 bits per heavy atom. The first-order valence-corrected chi connectivity index (χ1v) is 15.4. The topological polar surface area (TPSA) is 44.3 Å². The number of rotatable bonds is 6. The molecule has 4 aliphatic rings. The van der Waals surface area contributed by atoms with Crippen LogP contribution in [0, 0.1) is 6.92 Å². The number of aryl methyl sites for hydroxylation is 1. The molecule has 1 saturated carbocycles. The fourth-order valence-electron chi connectivity index (χ4n) is 6.66. The number of fused-ring (bicyclic) bond motifs is 1. The molecule has 7 rings (SSSR count). The Labute approximate surface area is 243 Å². The van der Waals surface area contributed by atoms with E-state index in [4.69, 9.17) is 16.6 Å². The van der Waals surface area contributed by atoms with Crippen molar-refractivity contribution >= 4 is 40.6 Å². The lowest BCUT2D eigenvalue weighted by molar-refractivity contribution is 0.208. The van der Waals surface area contributed by atoms with Crippen molar-refractivity contribution in [1.82, 2.24) is 14.9 Å². The Balaban J connectivity index is 1.15. The van der Waals surface area contributed by atoms with Crippen molar-refractivity contribution in [2.45, 2.75) is 63.8 Å². The first-order chi connectivity index (χ1) is 19.6. The van der Waals surface area contributed by atoms with Crippen molar-refractivity contribution in [3.8, 4) is 0 Å². The van der Waals surface area contributed by atoms with Crippen LogP contribution in [-0.2, 0) is 0 Å². The third kappa shape index (κ3) is 5.42. The number of piperidine rings is 1. The van der Waals surface area contributed by atoms with Crippen LogP contribution in [0.5, 0.6) is 0 Å². The van der Waals surface area contributed by atoms with Crippen LogP contribution in [0.25, 0.3) is 11.6 Å². The third-order valence-electron chi connectivity index (χ3n) is 8.98. The Bertz CT molecular complexity index is 1460. The maximum absolute atomic E-state index is 6.72. The lowest BCUT2D eigenvalue weighted by atomic mass is 9.96. The van der Waals surface area contributed by atoms with Crippen LogP contribution in [-0.4, -0.2) is 47.1 Å². The number of hydrogen-bond acceptors (Lipinski definition) is 5. The van der Waals surface area contributed by atoms with Gasteiger partial charge in [-0.2, -0.15) is 0 Å². The monoisotopic (exact) mass is 551 g/mol. The van der Waals surface area contributed by atoms with Gasteiger partial charge in [-0.15, -0.1) is 0 Å². The standard InChI is InChI=1S/C34H38ClN5/c1-23-8-11-30-25(18-23)6-2-3-7-31(30)33-32(35)22-36-34(38-33)37-27-19-26(24-9-10-24)20-29(21-27)40-16-12-28(13-17-40)39-14-4-5-15-39/h2,6-8,11,18-22,24,28H,3-5,9-10,12-17H2,1H3,(H,36,37,38). The molecule has 3 fully saturated rings. The summed E-state index contributed by atoms with van der Waals surface area (Å²) in [7, 11) is 0. The molecule has 0 bridgehead atoms. The second-order valence-electron chi connectivity index (χ2n) is 11.9. The minimum atomic E-state index is 0.568. The SMILES string of the molecule is Cc1ccc2c(c1)C=CCC=C2c1nc(Nc2cc(C3CC3)cc(N3CCC(N4CCCC4)CC3)c2)ncc1Cl. The number of likely N-dealkylation sites (tertiary alicyclic amines) is 1. The quantitative estimate of drug-likeness (QED) is 0.336. The van der Waals surface area contributed by atoms with E-state index < -0.39 is 0 Å². The zero-order valence-electron chi connectivity index (χ0n) is 23.4. The van der Waals surface area contributed by atoms with Crippen LogP contribution < -0.4 is 10.2 Å². The summed E-state index contributed by atoms with van der Waals surface area (Å²) in [5.74, 6) is 1.26. The highest BCUT2D eigenvalue weighted by Gasteiger charge is 2.29. The summed E-state index contributed by atoms with van der Waals surface area (Å²) in [6.07, 6.45) is 17.0. The van der Waals surface area contributed by atoms with Crippen molar-refractivity contribution in [3.05, 3.63) is 87.7 Å². The maximum atomic E-state index is 6.72. The molecule has 0 amide bonds. The first-order valence-electron chi connectivity index (χ1n) is 15.0. The van der Waals surface area contributed by atoms with Crippen LogP contribution in [0.2, 0.25) is 5.02 Å². The maximum Gasteiger partial charge on any atom is 0.227 e. The number of anilines is 3. The van der Waals surface area contributed by atoms with Crippen molar-refractivity contribution in [2.24, 2.45) is 0 Å². The lowest BCUT2D eigenvalue weighted by Gasteiger charge is -2.38. The molecule has 2 aromatic carbocycles. The largest absolute Gasteiger partial charge is 0.371 e. The van der Waals surface area contributed by atoms with Crippen LogP contribution in [0.4, 0.5) is 17.3 Å². The molecule has 2 aliphatic heterocycles. The average molecular weight is 552 g/mol. The molecule has 0 atom stereocenters. The Morgan fingerprint density at radius 1 is 0.950 bits per heavy atom. The highest BCUT2D eigenvalue weighted by Crippen LogP contribution is 2.43. The van der Waals surface area contributed by atoms with Gasteiger partial charge in [0.2, 0.25) is 5.95 Å². The van der Waals surface area contributed by atoms with Gasteiger partial charge in [-0.05, 0) is 106 Å². The van der Waals surface area contributed by atoms with Gasteiger partial charge in [0.05, 0.1) is 16.9 Å². The zero-order chi connectivity index (χ0) is 27.1. The molecule has 2 saturated heterocycles. The van der Waals surface area contributed by atoms with Crippen molar-refractivity contribution in [3.63, 3.8) is 0 Å². The van der Waals surface area contributed by atoms with Gasteiger partial charge in [0, 0.05) is 36.1 Å². The third-order valence-corrected chi connectivity index (χ3v) is 9.26. The minimum absolute atomic E-state index is 0.568. The smallest absolute Gasteiger partial charge is 0.227 e. The number of aromatic nitrogens is 2. The molecule has 2 aliphatic carbocycles. The van der Waals surface area contributed by atoms with Gasteiger partial charge in [-0.3, -0.25) is 0 Å². The van der Waals surface area contributed by atoms with E-state index >= 15 is 0 Å². The van der Waals surface area contributed by atoms with Crippen molar-refractivity contribution in [1.29, 1.82) is 0 Å². The Hall–Kier alpha value is -3.15. The van der Waals surface area contributed by atoms with Crippen LogP contribution in [0.15, 0.2) is 54.7 Å². The molecule has 5 nitrogen and oxygen atoms in total. The van der Waals surface area contributed by atoms with E-state index in [9.17, 15) is 0 Å². The molecule has 6 heteroatoms. The fraction of sp³-hybridized carbons (Fsp3) is 0.412. The van der Waals surface area contributed by atoms with E-state index in [2.05, 4.69) is 81.7 Å². The molecule has 0 unspecified atom stereocenters. The number of nitrogens with one attached hydrogen (secondary N) is 1. The molecule has 1 aromatic heterocycles. The highest BCUT2D eigenvalue weighted by molar-refractivity contribution is 6.32. The molecule has 206 valence electrons. The van der Waals surface area contributed by atoms with E-state index in [-0.39, 0.29) is 0 Å². The van der Waals surface area contributed by atoms with Gasteiger partial charge in [0.15, 0.2) is 0 Å². The van der Waals surface area contributed by atoms with Crippen LogP contribution in [0.1, 0.15) is 78.8 Å². The predicted molar refractivity (Wildman–Crippen MR) is 167 cm³/mol. The fourth-order valence-corrected chi connectivity index (χ4v) is 6.86. The number of nitrogens with zero attached hydrogens (tertiary/aromatic N) is 4. The predicted octanol–water partition coefficient (Wildman–Crippen LogP) is 7.97. The van der Waals surface area contributed by atoms with E-state index in [1.54, 1.807) is 6.20 Å². The summed E-state index contributed by atoms with van der Waals surface area (Å²) in [4.78, 5) is 14.9. The van der Waals surface area contributed by atoms with Crippen molar-refractivity contribution < 1.29 is 0 Å². The molecule has 40 heavy (non-hydrogen) atoms. The van der Waals surface area contributed by atoms with Gasteiger partial charge >= 0.3 is 0 Å². The summed E-state index contributed by atoms with van der Waals surface area (Å²) >= 11 is 6.72. The highest BCUT2D eigenvalue weighted by atomic mass is 35.5. The van der Waals surface area contributed by atoms with Crippen molar-refractivity contribution in [2.75, 3.05) is 36.4 Å². The van der Waals surface area contributed by atoms with E-state index in [1.807, 2.05) is 0 Å². The second kappa shape index (κ2) is 11.0. The summed E-state index contributed by atoms with van der Waals surface area (Å²) in [6.45, 7) is 6.95. The zero-order valence-corrected chi connectivity index (χ0v) is 24.1. The molecule has 3 aromatic rings. The van der Waals surface area contributed by atoms with E-state index in [0.29, 0.717) is 16.9 Å². The second-order valence-corrected chi connectivity index (χ2v) is 12.3. The molecule has 1 N–H and O–H groups in total. The summed E-state index contributed by atoms with van der Waals surface area (Å²) in [6, 6.07) is 14.3. The number of halogens is 1. The molecule has 0 radical (unpaired) electrons. The van der Waals surface area contributed by atoms with Gasteiger partial charge in [0.1, 0.15) is 0 Å². The molecular formula is C34H38ClN5. The van der Waals surface area contributed by atoms with Gasteiger partial charge < -0.3 is 15.1 Å². The number of hydrogen-bond donors (Lipinski definition) is 1. The Kier molecular flexibility index (Phi) is 7.11. The van der Waals surface area contributed by atoms with Gasteiger partial charge in [0.25, 0.3) is 0 Å². The number of allylic oxidation sites excluding steroid dienone is 2. The minimum Gasteiger partial charge on any atom is -0.371 e. The number of benzene rings is 2. The summed E-state index contributed by atoms with van der Waals surface area (Å²) in [5, 5.41) is 4.12. The van der Waals surface area contributed by atoms with E-state index in [1.165, 1.54) is 74.0 Å². The van der Waals surface area contributed by atoms with Gasteiger partial charge in [-0.1, -0.05) is 53.6 Å². The average Bonchev–Trinajstić information content (AvgIpc) is 3.72. The Morgan fingerprint density at radius 2 is 1.77 bits per heavy atom. The van der Waals surface area contributed by atoms with Crippen LogP contribution >= 0.6 is 11.6 Å². The normalized spacial score (nSPS) is 19.9. The first kappa shape index (κ1) is 25.8. The van der Waals surface area contributed by atoms with E-state index in [0.717, 1.165) is 48.1 Å². The summed E-state index contributed by atoms with van der Waals surface area (Å²) in [5.41, 5.74) is 9.23. The summed E-state index contributed by atoms with van der Waals surface area (Å²) < 4.78 is 0. The molecule has 3 heterocycles. The molecular weight excluding hydrogens is 514 g/mol. The molecule has 0 spiro atoms.